The summed E-state index contributed by atoms with van der Waals surface area (Å²) in [5, 5.41) is -0.473. The van der Waals surface area contributed by atoms with E-state index < -0.39 is 15.3 Å². The van der Waals surface area contributed by atoms with E-state index in [0.717, 1.165) is 5.56 Å². The smallest absolute Gasteiger partial charge is 0.214 e. The minimum absolute atomic E-state index is 0.367. The number of rotatable bonds is 6. The Kier molecular flexibility index (Phi) is 5.20. The molecule has 0 spiro atoms. The Morgan fingerprint density at radius 1 is 1.11 bits per heavy atom. The van der Waals surface area contributed by atoms with Crippen molar-refractivity contribution >= 4 is 10.0 Å². The highest BCUT2D eigenvalue weighted by molar-refractivity contribution is 7.90. The third-order valence-electron chi connectivity index (χ3n) is 2.87. The molecule has 0 amide bonds. The van der Waals surface area contributed by atoms with Crippen molar-refractivity contribution < 1.29 is 17.9 Å². The van der Waals surface area contributed by atoms with Gasteiger partial charge in [0.25, 0.3) is 0 Å². The van der Waals surface area contributed by atoms with E-state index in [9.17, 15) is 8.42 Å². The van der Waals surface area contributed by atoms with Crippen LogP contribution in [-0.4, -0.2) is 27.9 Å². The number of benzene rings is 1. The van der Waals surface area contributed by atoms with Crippen LogP contribution in [0, 0.1) is 0 Å². The standard InChI is InChI=1S/C13H21NO4S/c1-9(2)19(15,16)14-10(3)12-7-6-11(17-4)8-13(12)18-5/h6-10,14H,1-5H3. The fraction of sp³-hybridized carbons (Fsp3) is 0.538. The summed E-state index contributed by atoms with van der Waals surface area (Å²) in [7, 11) is -0.211. The summed E-state index contributed by atoms with van der Waals surface area (Å²) in [6.45, 7) is 5.06. The zero-order chi connectivity index (χ0) is 14.6. The summed E-state index contributed by atoms with van der Waals surface area (Å²) in [5.41, 5.74) is 0.771. The van der Waals surface area contributed by atoms with Gasteiger partial charge in [0.15, 0.2) is 0 Å². The molecule has 0 fully saturated rings. The van der Waals surface area contributed by atoms with Crippen molar-refractivity contribution in [1.82, 2.24) is 4.72 Å². The number of hydrogen-bond acceptors (Lipinski definition) is 4. The molecule has 1 N–H and O–H groups in total. The van der Waals surface area contributed by atoms with E-state index in [1.165, 1.54) is 0 Å². The molecule has 0 aliphatic rings. The van der Waals surface area contributed by atoms with Crippen LogP contribution in [0.2, 0.25) is 0 Å². The average molecular weight is 287 g/mol. The quantitative estimate of drug-likeness (QED) is 0.870. The topological polar surface area (TPSA) is 64.6 Å². The number of methoxy groups -OCH3 is 2. The van der Waals surface area contributed by atoms with Gasteiger partial charge >= 0.3 is 0 Å². The number of nitrogens with one attached hydrogen (secondary N) is 1. The summed E-state index contributed by atoms with van der Waals surface area (Å²) >= 11 is 0. The lowest BCUT2D eigenvalue weighted by atomic mass is 10.1. The van der Waals surface area contributed by atoms with Gasteiger partial charge in [-0.15, -0.1) is 0 Å². The Labute approximate surface area is 115 Å². The lowest BCUT2D eigenvalue weighted by Gasteiger charge is -2.19. The SMILES string of the molecule is COc1ccc(C(C)NS(=O)(=O)C(C)C)c(OC)c1. The molecule has 0 heterocycles. The third kappa shape index (κ3) is 3.84. The molecule has 0 aliphatic carbocycles. The van der Waals surface area contributed by atoms with E-state index in [0.29, 0.717) is 11.5 Å². The molecule has 0 radical (unpaired) electrons. The van der Waals surface area contributed by atoms with E-state index in [-0.39, 0.29) is 6.04 Å². The van der Waals surface area contributed by atoms with Crippen LogP contribution in [0.4, 0.5) is 0 Å². The molecule has 1 unspecified atom stereocenters. The molecule has 1 aromatic carbocycles. The fourth-order valence-corrected chi connectivity index (χ4v) is 2.51. The first-order valence-corrected chi connectivity index (χ1v) is 7.59. The van der Waals surface area contributed by atoms with Crippen LogP contribution in [0.5, 0.6) is 11.5 Å². The van der Waals surface area contributed by atoms with Gasteiger partial charge in [-0.1, -0.05) is 6.07 Å². The van der Waals surface area contributed by atoms with Gasteiger partial charge in [0.2, 0.25) is 10.0 Å². The normalized spacial score (nSPS) is 13.4. The largest absolute Gasteiger partial charge is 0.497 e. The molecule has 108 valence electrons. The van der Waals surface area contributed by atoms with Crippen LogP contribution in [0.1, 0.15) is 32.4 Å². The zero-order valence-electron chi connectivity index (χ0n) is 11.9. The van der Waals surface area contributed by atoms with Crippen LogP contribution in [0.3, 0.4) is 0 Å². The minimum atomic E-state index is -3.32. The molecule has 0 saturated carbocycles. The molecular formula is C13H21NO4S. The fourth-order valence-electron chi connectivity index (χ4n) is 1.62. The van der Waals surface area contributed by atoms with Gasteiger partial charge in [0, 0.05) is 17.7 Å². The second-order valence-corrected chi connectivity index (χ2v) is 6.81. The molecule has 0 bridgehead atoms. The van der Waals surface area contributed by atoms with Gasteiger partial charge in [-0.2, -0.15) is 0 Å². The maximum Gasteiger partial charge on any atom is 0.214 e. The molecule has 0 aliphatic heterocycles. The molecule has 5 nitrogen and oxygen atoms in total. The summed E-state index contributed by atoms with van der Waals surface area (Å²) < 4.78 is 36.7. The van der Waals surface area contributed by atoms with Crippen molar-refractivity contribution in [3.8, 4) is 11.5 Å². The average Bonchev–Trinajstić information content (AvgIpc) is 2.37. The first-order valence-electron chi connectivity index (χ1n) is 6.05. The Bertz CT molecular complexity index is 525. The first-order chi connectivity index (χ1) is 8.81. The molecule has 0 saturated heterocycles. The highest BCUT2D eigenvalue weighted by Crippen LogP contribution is 2.29. The van der Waals surface area contributed by atoms with Crippen molar-refractivity contribution in [2.24, 2.45) is 0 Å². The second kappa shape index (κ2) is 6.25. The van der Waals surface area contributed by atoms with E-state index in [2.05, 4.69) is 4.72 Å². The second-order valence-electron chi connectivity index (χ2n) is 4.54. The van der Waals surface area contributed by atoms with Gasteiger partial charge in [-0.25, -0.2) is 13.1 Å². The number of sulfonamides is 1. The summed E-state index contributed by atoms with van der Waals surface area (Å²) in [4.78, 5) is 0. The Morgan fingerprint density at radius 2 is 1.74 bits per heavy atom. The molecule has 19 heavy (non-hydrogen) atoms. The van der Waals surface area contributed by atoms with E-state index in [1.807, 2.05) is 0 Å². The van der Waals surface area contributed by atoms with Crippen molar-refractivity contribution in [2.75, 3.05) is 14.2 Å². The Balaban J connectivity index is 3.03. The zero-order valence-corrected chi connectivity index (χ0v) is 12.7. The summed E-state index contributed by atoms with van der Waals surface area (Å²) in [6, 6.07) is 4.94. The lowest BCUT2D eigenvalue weighted by Crippen LogP contribution is -2.33. The first kappa shape index (κ1) is 15.8. The van der Waals surface area contributed by atoms with Crippen molar-refractivity contribution in [1.29, 1.82) is 0 Å². The van der Waals surface area contributed by atoms with Crippen LogP contribution in [0.15, 0.2) is 18.2 Å². The van der Waals surface area contributed by atoms with Crippen LogP contribution >= 0.6 is 0 Å². The minimum Gasteiger partial charge on any atom is -0.497 e. The van der Waals surface area contributed by atoms with Crippen molar-refractivity contribution in [3.05, 3.63) is 23.8 Å². The lowest BCUT2D eigenvalue weighted by molar-refractivity contribution is 0.388. The Hall–Kier alpha value is -1.27. The molecular weight excluding hydrogens is 266 g/mol. The van der Waals surface area contributed by atoms with Gasteiger partial charge in [0.1, 0.15) is 11.5 Å². The molecule has 1 atom stereocenters. The maximum atomic E-state index is 11.9. The van der Waals surface area contributed by atoms with Crippen molar-refractivity contribution in [3.63, 3.8) is 0 Å². The predicted molar refractivity (Wildman–Crippen MR) is 75.2 cm³/mol. The molecule has 1 aromatic rings. The van der Waals surface area contributed by atoms with E-state index in [4.69, 9.17) is 9.47 Å². The molecule has 0 aromatic heterocycles. The maximum absolute atomic E-state index is 11.9. The highest BCUT2D eigenvalue weighted by atomic mass is 32.2. The summed E-state index contributed by atoms with van der Waals surface area (Å²) in [6.07, 6.45) is 0. The van der Waals surface area contributed by atoms with Crippen LogP contribution < -0.4 is 14.2 Å². The third-order valence-corrected chi connectivity index (χ3v) is 4.79. The number of hydrogen-bond donors (Lipinski definition) is 1. The van der Waals surface area contributed by atoms with Gasteiger partial charge < -0.3 is 9.47 Å². The van der Waals surface area contributed by atoms with E-state index in [1.54, 1.807) is 53.2 Å². The predicted octanol–water partition coefficient (Wildman–Crippen LogP) is 2.09. The Morgan fingerprint density at radius 3 is 2.21 bits per heavy atom. The van der Waals surface area contributed by atoms with Crippen LogP contribution in [-0.2, 0) is 10.0 Å². The van der Waals surface area contributed by atoms with Gasteiger partial charge in [-0.05, 0) is 26.8 Å². The van der Waals surface area contributed by atoms with Gasteiger partial charge in [-0.3, -0.25) is 0 Å². The van der Waals surface area contributed by atoms with Crippen molar-refractivity contribution in [2.45, 2.75) is 32.1 Å². The van der Waals surface area contributed by atoms with Crippen LogP contribution in [0.25, 0.3) is 0 Å². The van der Waals surface area contributed by atoms with E-state index >= 15 is 0 Å². The highest BCUT2D eigenvalue weighted by Gasteiger charge is 2.21. The summed E-state index contributed by atoms with van der Waals surface area (Å²) in [5.74, 6) is 1.26. The monoisotopic (exact) mass is 287 g/mol. The number of ether oxygens (including phenoxy) is 2. The molecule has 1 rings (SSSR count). The molecule has 6 heteroatoms. The van der Waals surface area contributed by atoms with Gasteiger partial charge in [0.05, 0.1) is 19.5 Å².